The Balaban J connectivity index is 1.49. The Kier molecular flexibility index (Phi) is 4.77. The van der Waals surface area contributed by atoms with Crippen LogP contribution in [0.25, 0.3) is 10.6 Å². The van der Waals surface area contributed by atoms with E-state index in [0.717, 1.165) is 65.0 Å². The summed E-state index contributed by atoms with van der Waals surface area (Å²) in [6.07, 6.45) is 2.85. The highest BCUT2D eigenvalue weighted by atomic mass is 32.1. The van der Waals surface area contributed by atoms with E-state index in [4.69, 9.17) is 4.98 Å². The summed E-state index contributed by atoms with van der Waals surface area (Å²) in [5.74, 6) is 2.41. The van der Waals surface area contributed by atoms with Crippen LogP contribution in [0.15, 0.2) is 12.3 Å². The molecule has 8 nitrogen and oxygen atoms in total. The van der Waals surface area contributed by atoms with Crippen molar-refractivity contribution >= 4 is 23.2 Å². The van der Waals surface area contributed by atoms with Gasteiger partial charge in [-0.2, -0.15) is 10.1 Å². The maximum absolute atomic E-state index is 4.80. The first-order chi connectivity index (χ1) is 13.0. The Labute approximate surface area is 162 Å². The van der Waals surface area contributed by atoms with Crippen molar-refractivity contribution in [2.75, 3.05) is 23.3 Å². The molecule has 1 aliphatic rings. The predicted molar refractivity (Wildman–Crippen MR) is 107 cm³/mol. The predicted octanol–water partition coefficient (Wildman–Crippen LogP) is 2.83. The molecule has 0 amide bonds. The third-order valence-electron chi connectivity index (χ3n) is 4.66. The molecule has 3 aromatic heterocycles. The molecule has 0 radical (unpaired) electrons. The van der Waals surface area contributed by atoms with Crippen molar-refractivity contribution in [3.05, 3.63) is 28.8 Å². The van der Waals surface area contributed by atoms with Crippen LogP contribution < -0.4 is 10.2 Å². The third kappa shape index (κ3) is 3.64. The fourth-order valence-corrected chi connectivity index (χ4v) is 4.31. The molecule has 4 heterocycles. The monoisotopic (exact) mass is 384 g/mol. The van der Waals surface area contributed by atoms with Crippen molar-refractivity contribution < 1.29 is 0 Å². The first kappa shape index (κ1) is 17.8. The zero-order valence-electron chi connectivity index (χ0n) is 16.1. The van der Waals surface area contributed by atoms with E-state index >= 15 is 0 Å². The van der Waals surface area contributed by atoms with Gasteiger partial charge < -0.3 is 10.2 Å². The molecule has 3 aromatic rings. The van der Waals surface area contributed by atoms with Gasteiger partial charge in [0, 0.05) is 31.9 Å². The number of aryl methyl sites for hydroxylation is 4. The van der Waals surface area contributed by atoms with Crippen molar-refractivity contribution in [1.82, 2.24) is 29.7 Å². The fourth-order valence-electron chi connectivity index (χ4n) is 3.42. The molecule has 0 spiro atoms. The molecule has 142 valence electrons. The molecule has 1 aliphatic heterocycles. The molecule has 1 atom stereocenters. The Morgan fingerprint density at radius 3 is 2.81 bits per heavy atom. The summed E-state index contributed by atoms with van der Waals surface area (Å²) in [6.45, 7) is 10.6. The standard InChI is InChI=1S/C18H24N8S/c1-5-26-18(21-12(3)24-26)22-14-7-9-25(10-14)17-19-8-6-15(23-17)16-11(2)20-13(4)27-16/h6,8,14H,5,7,9-10H2,1-4H3,(H,21,22,24). The van der Waals surface area contributed by atoms with Crippen LogP contribution in [0.4, 0.5) is 11.9 Å². The van der Waals surface area contributed by atoms with Crippen molar-refractivity contribution in [2.45, 2.75) is 46.7 Å². The van der Waals surface area contributed by atoms with Crippen molar-refractivity contribution in [1.29, 1.82) is 0 Å². The lowest BCUT2D eigenvalue weighted by molar-refractivity contribution is 0.647. The Hall–Kier alpha value is -2.55. The Morgan fingerprint density at radius 2 is 2.07 bits per heavy atom. The summed E-state index contributed by atoms with van der Waals surface area (Å²) < 4.78 is 1.91. The lowest BCUT2D eigenvalue weighted by Crippen LogP contribution is -2.28. The zero-order chi connectivity index (χ0) is 19.0. The van der Waals surface area contributed by atoms with Gasteiger partial charge in [0.15, 0.2) is 0 Å². The van der Waals surface area contributed by atoms with Crippen molar-refractivity contribution in [3.63, 3.8) is 0 Å². The number of rotatable bonds is 5. The van der Waals surface area contributed by atoms with Gasteiger partial charge in [0.2, 0.25) is 11.9 Å². The highest BCUT2D eigenvalue weighted by molar-refractivity contribution is 7.15. The van der Waals surface area contributed by atoms with E-state index in [1.807, 2.05) is 37.7 Å². The van der Waals surface area contributed by atoms with E-state index in [1.54, 1.807) is 11.3 Å². The van der Waals surface area contributed by atoms with Crippen LogP contribution in [-0.2, 0) is 6.54 Å². The summed E-state index contributed by atoms with van der Waals surface area (Å²) in [5, 5.41) is 8.99. The smallest absolute Gasteiger partial charge is 0.225 e. The molecule has 0 bridgehead atoms. The van der Waals surface area contributed by atoms with E-state index < -0.39 is 0 Å². The van der Waals surface area contributed by atoms with Crippen LogP contribution in [0.1, 0.15) is 29.9 Å². The molecular formula is C18H24N8S. The Morgan fingerprint density at radius 1 is 1.22 bits per heavy atom. The van der Waals surface area contributed by atoms with Gasteiger partial charge in [-0.3, -0.25) is 0 Å². The molecule has 0 aliphatic carbocycles. The minimum atomic E-state index is 0.304. The molecule has 0 aromatic carbocycles. The molecule has 0 saturated carbocycles. The Bertz CT molecular complexity index is 947. The molecule has 1 fully saturated rings. The lowest BCUT2D eigenvalue weighted by Gasteiger charge is -2.17. The molecule has 27 heavy (non-hydrogen) atoms. The minimum Gasteiger partial charge on any atom is -0.350 e. The van der Waals surface area contributed by atoms with Crippen LogP contribution in [-0.4, -0.2) is 48.8 Å². The topological polar surface area (TPSA) is 84.7 Å². The maximum Gasteiger partial charge on any atom is 0.225 e. The molecule has 1 unspecified atom stereocenters. The van der Waals surface area contributed by atoms with Gasteiger partial charge in [0.1, 0.15) is 5.82 Å². The summed E-state index contributed by atoms with van der Waals surface area (Å²) in [5.41, 5.74) is 1.97. The van der Waals surface area contributed by atoms with Gasteiger partial charge >= 0.3 is 0 Å². The number of aromatic nitrogens is 6. The number of hydrogen-bond acceptors (Lipinski definition) is 8. The van der Waals surface area contributed by atoms with E-state index in [1.165, 1.54) is 0 Å². The second-order valence-electron chi connectivity index (χ2n) is 6.76. The molecule has 9 heteroatoms. The van der Waals surface area contributed by atoms with E-state index in [9.17, 15) is 0 Å². The SMILES string of the molecule is CCn1nc(C)nc1NC1CCN(c2nccc(-c3sc(C)nc3C)n2)C1. The normalized spacial score (nSPS) is 16.9. The number of nitrogens with one attached hydrogen (secondary N) is 1. The van der Waals surface area contributed by atoms with Crippen LogP contribution in [0.2, 0.25) is 0 Å². The number of hydrogen-bond donors (Lipinski definition) is 1. The molecular weight excluding hydrogens is 360 g/mol. The van der Waals surface area contributed by atoms with Gasteiger partial charge in [0.05, 0.1) is 21.3 Å². The lowest BCUT2D eigenvalue weighted by atomic mass is 10.3. The second kappa shape index (κ2) is 7.22. The van der Waals surface area contributed by atoms with Gasteiger partial charge in [-0.05, 0) is 40.2 Å². The average Bonchev–Trinajstić information content (AvgIpc) is 3.34. The van der Waals surface area contributed by atoms with E-state index in [-0.39, 0.29) is 0 Å². The average molecular weight is 385 g/mol. The first-order valence-electron chi connectivity index (χ1n) is 9.24. The van der Waals surface area contributed by atoms with Gasteiger partial charge in [-0.1, -0.05) is 0 Å². The first-order valence-corrected chi connectivity index (χ1v) is 10.1. The van der Waals surface area contributed by atoms with Crippen LogP contribution in [0, 0.1) is 20.8 Å². The fraction of sp³-hybridized carbons (Fsp3) is 0.500. The van der Waals surface area contributed by atoms with Gasteiger partial charge in [0.25, 0.3) is 0 Å². The van der Waals surface area contributed by atoms with Gasteiger partial charge in [-0.15, -0.1) is 11.3 Å². The number of nitrogens with zero attached hydrogens (tertiary/aromatic N) is 7. The summed E-state index contributed by atoms with van der Waals surface area (Å²) in [4.78, 5) is 21.7. The molecule has 1 N–H and O–H groups in total. The van der Waals surface area contributed by atoms with Gasteiger partial charge in [-0.25, -0.2) is 19.6 Å². The van der Waals surface area contributed by atoms with Crippen molar-refractivity contribution in [3.8, 4) is 10.6 Å². The highest BCUT2D eigenvalue weighted by Gasteiger charge is 2.26. The summed E-state index contributed by atoms with van der Waals surface area (Å²) >= 11 is 1.68. The summed E-state index contributed by atoms with van der Waals surface area (Å²) in [7, 11) is 0. The zero-order valence-corrected chi connectivity index (χ0v) is 16.9. The number of anilines is 2. The van der Waals surface area contributed by atoms with Crippen LogP contribution in [0.3, 0.4) is 0 Å². The van der Waals surface area contributed by atoms with Crippen LogP contribution >= 0.6 is 11.3 Å². The van der Waals surface area contributed by atoms with E-state index in [0.29, 0.717) is 6.04 Å². The van der Waals surface area contributed by atoms with Crippen molar-refractivity contribution in [2.24, 2.45) is 0 Å². The largest absolute Gasteiger partial charge is 0.350 e. The maximum atomic E-state index is 4.80. The minimum absolute atomic E-state index is 0.304. The third-order valence-corrected chi connectivity index (χ3v) is 5.76. The highest BCUT2D eigenvalue weighted by Crippen LogP contribution is 2.29. The second-order valence-corrected chi connectivity index (χ2v) is 7.97. The summed E-state index contributed by atoms with van der Waals surface area (Å²) in [6, 6.07) is 2.26. The quantitative estimate of drug-likeness (QED) is 0.724. The van der Waals surface area contributed by atoms with E-state index in [2.05, 4.69) is 37.2 Å². The van der Waals surface area contributed by atoms with Crippen LogP contribution in [0.5, 0.6) is 0 Å². The number of thiazole rings is 1. The molecule has 1 saturated heterocycles. The molecule has 4 rings (SSSR count).